The Balaban J connectivity index is 1.92. The molecule has 0 radical (unpaired) electrons. The van der Waals surface area contributed by atoms with E-state index in [0.717, 1.165) is 36.8 Å². The Hall–Kier alpha value is -2.08. The van der Waals surface area contributed by atoms with Crippen molar-refractivity contribution in [2.45, 2.75) is 26.2 Å². The number of para-hydroxylation sites is 1. The van der Waals surface area contributed by atoms with Crippen molar-refractivity contribution in [3.8, 4) is 0 Å². The van der Waals surface area contributed by atoms with Crippen molar-refractivity contribution in [3.05, 3.63) is 30.0 Å². The Morgan fingerprint density at radius 1 is 1.30 bits per heavy atom. The van der Waals surface area contributed by atoms with E-state index in [0.29, 0.717) is 23.1 Å². The van der Waals surface area contributed by atoms with Gasteiger partial charge in [-0.2, -0.15) is 0 Å². The summed E-state index contributed by atoms with van der Waals surface area (Å²) in [7, 11) is 0. The summed E-state index contributed by atoms with van der Waals surface area (Å²) in [5.74, 6) is -0.368. The lowest BCUT2D eigenvalue weighted by Crippen LogP contribution is -2.38. The molecule has 0 saturated carbocycles. The van der Waals surface area contributed by atoms with Crippen molar-refractivity contribution in [1.29, 1.82) is 0 Å². The molecule has 1 aromatic carbocycles. The highest BCUT2D eigenvalue weighted by molar-refractivity contribution is 7.80. The zero-order valence-electron chi connectivity index (χ0n) is 13.2. The number of carbonyl (C=O) groups excluding carboxylic acids is 1. The highest BCUT2D eigenvalue weighted by atomic mass is 32.1. The molecule has 2 heterocycles. The summed E-state index contributed by atoms with van der Waals surface area (Å²) >= 11 is 5.54. The van der Waals surface area contributed by atoms with Crippen molar-refractivity contribution in [1.82, 2.24) is 9.88 Å². The Bertz CT molecular complexity index is 720. The van der Waals surface area contributed by atoms with Gasteiger partial charge in [0, 0.05) is 24.0 Å². The van der Waals surface area contributed by atoms with Gasteiger partial charge in [0.2, 0.25) is 0 Å². The number of nitrogens with zero attached hydrogens (tertiary/aromatic N) is 1. The van der Waals surface area contributed by atoms with Crippen LogP contribution in [0.5, 0.6) is 0 Å². The topological polar surface area (TPSA) is 57.4 Å². The van der Waals surface area contributed by atoms with Crippen molar-refractivity contribution in [2.75, 3.05) is 25.0 Å². The maximum atomic E-state index is 12.2. The second-order valence-electron chi connectivity index (χ2n) is 5.62. The van der Waals surface area contributed by atoms with Crippen LogP contribution in [0.1, 0.15) is 36.7 Å². The van der Waals surface area contributed by atoms with Crippen LogP contribution in [0.4, 0.5) is 5.69 Å². The molecule has 5 nitrogen and oxygen atoms in total. The van der Waals surface area contributed by atoms with E-state index in [9.17, 15) is 4.79 Å². The number of H-pyrrole nitrogens is 1. The minimum atomic E-state index is -0.368. The lowest BCUT2D eigenvalue weighted by molar-refractivity contribution is 0.0522. The smallest absolute Gasteiger partial charge is 0.356 e. The third kappa shape index (κ3) is 3.32. The molecule has 0 amide bonds. The first-order valence-electron chi connectivity index (χ1n) is 8.04. The van der Waals surface area contributed by atoms with Crippen LogP contribution in [0.15, 0.2) is 24.3 Å². The molecule has 122 valence electrons. The molecule has 2 N–H and O–H groups in total. The van der Waals surface area contributed by atoms with Crippen molar-refractivity contribution >= 4 is 39.9 Å². The Labute approximate surface area is 141 Å². The number of aromatic amines is 1. The van der Waals surface area contributed by atoms with Gasteiger partial charge < -0.3 is 19.9 Å². The number of piperidine rings is 1. The number of ether oxygens (including phenoxy) is 1. The molecule has 0 spiro atoms. The molecule has 2 aromatic rings. The van der Waals surface area contributed by atoms with Gasteiger partial charge in [-0.3, -0.25) is 0 Å². The third-order valence-corrected chi connectivity index (χ3v) is 4.42. The Morgan fingerprint density at radius 2 is 2.04 bits per heavy atom. The van der Waals surface area contributed by atoms with Crippen LogP contribution >= 0.6 is 12.2 Å². The SMILES string of the molecule is CCOC(=O)c1[nH]c2ccccc2c1NC(=S)N1CCCCC1. The predicted octanol–water partition coefficient (Wildman–Crippen LogP) is 3.53. The first-order valence-corrected chi connectivity index (χ1v) is 8.45. The van der Waals surface area contributed by atoms with E-state index >= 15 is 0 Å². The molecule has 3 rings (SSSR count). The van der Waals surface area contributed by atoms with Crippen molar-refractivity contribution < 1.29 is 9.53 Å². The predicted molar refractivity (Wildman–Crippen MR) is 95.9 cm³/mol. The van der Waals surface area contributed by atoms with E-state index < -0.39 is 0 Å². The maximum Gasteiger partial charge on any atom is 0.356 e. The number of benzene rings is 1. The molecule has 1 aliphatic heterocycles. The number of fused-ring (bicyclic) bond motifs is 1. The van der Waals surface area contributed by atoms with Crippen LogP contribution in [0.25, 0.3) is 10.9 Å². The average Bonchev–Trinajstić information content (AvgIpc) is 2.95. The number of aromatic nitrogens is 1. The number of anilines is 1. The number of rotatable bonds is 3. The molecule has 6 heteroatoms. The van der Waals surface area contributed by atoms with Gasteiger partial charge in [-0.25, -0.2) is 4.79 Å². The van der Waals surface area contributed by atoms with E-state index in [1.54, 1.807) is 6.92 Å². The molecule has 1 saturated heterocycles. The lowest BCUT2D eigenvalue weighted by Gasteiger charge is -2.29. The summed E-state index contributed by atoms with van der Waals surface area (Å²) in [4.78, 5) is 17.5. The van der Waals surface area contributed by atoms with Crippen LogP contribution in [0.2, 0.25) is 0 Å². The van der Waals surface area contributed by atoms with E-state index in [1.807, 2.05) is 24.3 Å². The fraction of sp³-hybridized carbons (Fsp3) is 0.412. The Morgan fingerprint density at radius 3 is 2.78 bits per heavy atom. The zero-order chi connectivity index (χ0) is 16.2. The van der Waals surface area contributed by atoms with Gasteiger partial charge in [-0.15, -0.1) is 0 Å². The van der Waals surface area contributed by atoms with E-state index in [1.165, 1.54) is 6.42 Å². The molecule has 0 aliphatic carbocycles. The zero-order valence-corrected chi connectivity index (χ0v) is 14.0. The van der Waals surface area contributed by atoms with E-state index in [-0.39, 0.29) is 5.97 Å². The maximum absolute atomic E-state index is 12.2. The monoisotopic (exact) mass is 331 g/mol. The normalized spacial score (nSPS) is 14.7. The molecule has 0 atom stereocenters. The summed E-state index contributed by atoms with van der Waals surface area (Å²) in [6.45, 7) is 4.06. The number of carbonyl (C=O) groups is 1. The summed E-state index contributed by atoms with van der Waals surface area (Å²) in [5.41, 5.74) is 2.02. The Kier molecular flexibility index (Phi) is 4.81. The van der Waals surface area contributed by atoms with Gasteiger partial charge in [0.15, 0.2) is 5.11 Å². The summed E-state index contributed by atoms with van der Waals surface area (Å²) in [5, 5.41) is 4.87. The van der Waals surface area contributed by atoms with Crippen LogP contribution in [0.3, 0.4) is 0 Å². The van der Waals surface area contributed by atoms with Crippen molar-refractivity contribution in [3.63, 3.8) is 0 Å². The number of hydrogen-bond donors (Lipinski definition) is 2. The number of nitrogens with one attached hydrogen (secondary N) is 2. The molecule has 1 aromatic heterocycles. The molecule has 0 bridgehead atoms. The summed E-state index contributed by atoms with van der Waals surface area (Å²) < 4.78 is 5.16. The largest absolute Gasteiger partial charge is 0.461 e. The lowest BCUT2D eigenvalue weighted by atomic mass is 10.1. The minimum Gasteiger partial charge on any atom is -0.461 e. The number of likely N-dealkylation sites (tertiary alicyclic amines) is 1. The van der Waals surface area contributed by atoms with Gasteiger partial charge in [0.05, 0.1) is 12.3 Å². The number of hydrogen-bond acceptors (Lipinski definition) is 3. The summed E-state index contributed by atoms with van der Waals surface area (Å²) in [6, 6.07) is 7.78. The van der Waals surface area contributed by atoms with Gasteiger partial charge in [0.25, 0.3) is 0 Å². The van der Waals surface area contributed by atoms with Crippen LogP contribution in [0, 0.1) is 0 Å². The first kappa shape index (κ1) is 15.8. The minimum absolute atomic E-state index is 0.338. The fourth-order valence-electron chi connectivity index (χ4n) is 2.91. The van der Waals surface area contributed by atoms with Crippen LogP contribution in [-0.4, -0.2) is 40.7 Å². The molecule has 23 heavy (non-hydrogen) atoms. The third-order valence-electron chi connectivity index (χ3n) is 4.06. The quantitative estimate of drug-likeness (QED) is 0.666. The van der Waals surface area contributed by atoms with E-state index in [2.05, 4.69) is 15.2 Å². The van der Waals surface area contributed by atoms with Crippen LogP contribution in [-0.2, 0) is 4.74 Å². The highest BCUT2D eigenvalue weighted by Gasteiger charge is 2.21. The summed E-state index contributed by atoms with van der Waals surface area (Å²) in [6.07, 6.45) is 3.56. The average molecular weight is 331 g/mol. The number of thiocarbonyl (C=S) groups is 1. The first-order chi connectivity index (χ1) is 11.2. The molecular formula is C17H21N3O2S. The molecule has 1 fully saturated rings. The van der Waals surface area contributed by atoms with E-state index in [4.69, 9.17) is 17.0 Å². The molecule has 1 aliphatic rings. The van der Waals surface area contributed by atoms with Crippen molar-refractivity contribution in [2.24, 2.45) is 0 Å². The second-order valence-corrected chi connectivity index (χ2v) is 6.01. The molecular weight excluding hydrogens is 310 g/mol. The van der Waals surface area contributed by atoms with Gasteiger partial charge >= 0.3 is 5.97 Å². The van der Waals surface area contributed by atoms with Crippen LogP contribution < -0.4 is 5.32 Å². The highest BCUT2D eigenvalue weighted by Crippen LogP contribution is 2.29. The number of esters is 1. The van der Waals surface area contributed by atoms with Gasteiger partial charge in [-0.05, 0) is 44.5 Å². The van der Waals surface area contributed by atoms with Gasteiger partial charge in [0.1, 0.15) is 5.69 Å². The fourth-order valence-corrected chi connectivity index (χ4v) is 3.20. The second kappa shape index (κ2) is 7.00. The molecule has 0 unspecified atom stereocenters. The standard InChI is InChI=1S/C17H21N3O2S/c1-2-22-16(21)15-14(12-8-4-5-9-13(12)18-15)19-17(23)20-10-6-3-7-11-20/h4-5,8-9,18H,2-3,6-7,10-11H2,1H3,(H,19,23). The van der Waals surface area contributed by atoms with Gasteiger partial charge in [-0.1, -0.05) is 18.2 Å².